The number of rotatable bonds is 2. The molecule has 0 aliphatic carbocycles. The number of hydrogen-bond donors (Lipinski definition) is 2. The van der Waals surface area contributed by atoms with Gasteiger partial charge < -0.3 is 15.1 Å². The second-order valence-corrected chi connectivity index (χ2v) is 3.57. The molecule has 14 heavy (non-hydrogen) atoms. The van der Waals surface area contributed by atoms with E-state index < -0.39 is 5.54 Å². The maximum absolute atomic E-state index is 5.80. The molecule has 0 aliphatic heterocycles. The summed E-state index contributed by atoms with van der Waals surface area (Å²) in [6, 6.07) is 0. The van der Waals surface area contributed by atoms with Crippen LogP contribution in [0.5, 0.6) is 0 Å². The van der Waals surface area contributed by atoms with Crippen LogP contribution in [0.15, 0.2) is 16.8 Å². The van der Waals surface area contributed by atoms with Gasteiger partial charge in [0.1, 0.15) is 0 Å². The largest absolute Gasteiger partial charge is 0.416 e. The van der Waals surface area contributed by atoms with Gasteiger partial charge in [0.05, 0.1) is 5.54 Å². The van der Waals surface area contributed by atoms with Crippen LogP contribution in [-0.4, -0.2) is 20.2 Å². The van der Waals surface area contributed by atoms with Crippen LogP contribution in [0.25, 0.3) is 11.7 Å². The van der Waals surface area contributed by atoms with E-state index >= 15 is 0 Å². The minimum absolute atomic E-state index is 0.350. The highest BCUT2D eigenvalue weighted by atomic mass is 16.4. The SMILES string of the molecule is CC(C)(N)c1nnc(-c2ncc[nH]2)o1. The highest BCUT2D eigenvalue weighted by Crippen LogP contribution is 2.19. The van der Waals surface area contributed by atoms with E-state index in [1.165, 1.54) is 0 Å². The summed E-state index contributed by atoms with van der Waals surface area (Å²) in [6.07, 6.45) is 3.31. The molecule has 6 nitrogen and oxygen atoms in total. The molecule has 2 rings (SSSR count). The normalized spacial score (nSPS) is 11.9. The number of nitrogens with zero attached hydrogens (tertiary/aromatic N) is 3. The fourth-order valence-corrected chi connectivity index (χ4v) is 0.962. The van der Waals surface area contributed by atoms with Crippen molar-refractivity contribution in [2.24, 2.45) is 5.73 Å². The average molecular weight is 193 g/mol. The van der Waals surface area contributed by atoms with E-state index in [2.05, 4.69) is 20.2 Å². The van der Waals surface area contributed by atoms with Crippen molar-refractivity contribution in [3.05, 3.63) is 18.3 Å². The highest BCUT2D eigenvalue weighted by molar-refractivity contribution is 5.38. The average Bonchev–Trinajstić information content (AvgIpc) is 2.73. The first-order valence-corrected chi connectivity index (χ1v) is 4.20. The van der Waals surface area contributed by atoms with Crippen LogP contribution >= 0.6 is 0 Å². The lowest BCUT2D eigenvalue weighted by atomic mass is 10.1. The molecule has 0 bridgehead atoms. The maximum Gasteiger partial charge on any atom is 0.283 e. The Morgan fingerprint density at radius 3 is 2.71 bits per heavy atom. The van der Waals surface area contributed by atoms with Crippen LogP contribution in [0.1, 0.15) is 19.7 Å². The molecule has 0 unspecified atom stereocenters. The first-order chi connectivity index (χ1) is 6.57. The van der Waals surface area contributed by atoms with Gasteiger partial charge in [0.25, 0.3) is 5.89 Å². The van der Waals surface area contributed by atoms with Crippen LogP contribution in [0.4, 0.5) is 0 Å². The van der Waals surface area contributed by atoms with Gasteiger partial charge in [0, 0.05) is 12.4 Å². The second-order valence-electron chi connectivity index (χ2n) is 3.57. The molecule has 0 aliphatic rings. The van der Waals surface area contributed by atoms with Crippen molar-refractivity contribution in [3.8, 4) is 11.7 Å². The van der Waals surface area contributed by atoms with Crippen molar-refractivity contribution >= 4 is 0 Å². The molecule has 0 saturated heterocycles. The predicted molar refractivity (Wildman–Crippen MR) is 49.1 cm³/mol. The van der Waals surface area contributed by atoms with Crippen LogP contribution in [0.2, 0.25) is 0 Å². The van der Waals surface area contributed by atoms with Gasteiger partial charge in [-0.15, -0.1) is 10.2 Å². The summed E-state index contributed by atoms with van der Waals surface area (Å²) in [5.41, 5.74) is 5.17. The molecule has 0 atom stereocenters. The molecular formula is C8H11N5O. The van der Waals surface area contributed by atoms with E-state index in [1.54, 1.807) is 26.2 Å². The van der Waals surface area contributed by atoms with Gasteiger partial charge >= 0.3 is 0 Å². The highest BCUT2D eigenvalue weighted by Gasteiger charge is 2.22. The molecule has 2 aromatic rings. The molecule has 3 N–H and O–H groups in total. The molecular weight excluding hydrogens is 182 g/mol. The fourth-order valence-electron chi connectivity index (χ4n) is 0.962. The van der Waals surface area contributed by atoms with Gasteiger partial charge in [-0.2, -0.15) is 0 Å². The lowest BCUT2D eigenvalue weighted by Gasteiger charge is -2.11. The summed E-state index contributed by atoms with van der Waals surface area (Å²) in [6.45, 7) is 3.60. The van der Waals surface area contributed by atoms with Crippen molar-refractivity contribution < 1.29 is 4.42 Å². The Balaban J connectivity index is 2.36. The Bertz CT molecular complexity index is 411. The number of imidazole rings is 1. The number of aromatic amines is 1. The molecule has 2 aromatic heterocycles. The fraction of sp³-hybridized carbons (Fsp3) is 0.375. The Kier molecular flexibility index (Phi) is 1.85. The van der Waals surface area contributed by atoms with E-state index in [0.717, 1.165) is 0 Å². The lowest BCUT2D eigenvalue weighted by molar-refractivity contribution is 0.383. The lowest BCUT2D eigenvalue weighted by Crippen LogP contribution is -2.29. The molecule has 0 saturated carbocycles. The van der Waals surface area contributed by atoms with Gasteiger partial charge in [-0.3, -0.25) is 0 Å². The van der Waals surface area contributed by atoms with E-state index in [0.29, 0.717) is 17.6 Å². The summed E-state index contributed by atoms with van der Waals surface area (Å²) in [4.78, 5) is 6.86. The predicted octanol–water partition coefficient (Wildman–Crippen LogP) is 0.653. The third-order valence-electron chi connectivity index (χ3n) is 1.68. The zero-order valence-electron chi connectivity index (χ0n) is 7.98. The summed E-state index contributed by atoms with van der Waals surface area (Å²) in [5, 5.41) is 7.68. The zero-order valence-corrected chi connectivity index (χ0v) is 7.98. The van der Waals surface area contributed by atoms with Crippen LogP contribution < -0.4 is 5.73 Å². The smallest absolute Gasteiger partial charge is 0.283 e. The van der Waals surface area contributed by atoms with Crippen LogP contribution in [0, 0.1) is 0 Å². The molecule has 2 heterocycles. The Hall–Kier alpha value is -1.69. The Morgan fingerprint density at radius 1 is 1.43 bits per heavy atom. The van der Waals surface area contributed by atoms with E-state index in [9.17, 15) is 0 Å². The number of aromatic nitrogens is 4. The molecule has 0 radical (unpaired) electrons. The topological polar surface area (TPSA) is 93.6 Å². The minimum atomic E-state index is -0.627. The maximum atomic E-state index is 5.80. The molecule has 0 amide bonds. The summed E-state index contributed by atoms with van der Waals surface area (Å²) >= 11 is 0. The quantitative estimate of drug-likeness (QED) is 0.730. The molecule has 0 spiro atoms. The standard InChI is InChI=1S/C8H11N5O/c1-8(2,9)7-13-12-6(14-7)5-10-3-4-11-5/h3-4H,9H2,1-2H3,(H,10,11). The summed E-state index contributed by atoms with van der Waals surface area (Å²) in [7, 11) is 0. The third-order valence-corrected chi connectivity index (χ3v) is 1.68. The van der Waals surface area contributed by atoms with Crippen LogP contribution in [0.3, 0.4) is 0 Å². The van der Waals surface area contributed by atoms with E-state index in [-0.39, 0.29) is 0 Å². The van der Waals surface area contributed by atoms with Crippen molar-refractivity contribution in [3.63, 3.8) is 0 Å². The van der Waals surface area contributed by atoms with Crippen molar-refractivity contribution in [1.82, 2.24) is 20.2 Å². The Labute approximate surface area is 80.6 Å². The van der Waals surface area contributed by atoms with Crippen LogP contribution in [-0.2, 0) is 5.54 Å². The minimum Gasteiger partial charge on any atom is -0.416 e. The number of nitrogens with one attached hydrogen (secondary N) is 1. The first kappa shape index (κ1) is 8.89. The zero-order chi connectivity index (χ0) is 10.2. The number of H-pyrrole nitrogens is 1. The van der Waals surface area contributed by atoms with Gasteiger partial charge in [-0.05, 0) is 13.8 Å². The first-order valence-electron chi connectivity index (χ1n) is 4.20. The van der Waals surface area contributed by atoms with Gasteiger partial charge in [-0.1, -0.05) is 0 Å². The molecule has 0 fully saturated rings. The number of nitrogens with two attached hydrogens (primary N) is 1. The summed E-state index contributed by atoms with van der Waals surface area (Å²) in [5.74, 6) is 1.29. The molecule has 74 valence electrons. The van der Waals surface area contributed by atoms with E-state index in [4.69, 9.17) is 10.2 Å². The van der Waals surface area contributed by atoms with Gasteiger partial charge in [0.15, 0.2) is 5.82 Å². The van der Waals surface area contributed by atoms with Crippen molar-refractivity contribution in [2.45, 2.75) is 19.4 Å². The van der Waals surface area contributed by atoms with Gasteiger partial charge in [0.2, 0.25) is 5.89 Å². The molecule has 0 aromatic carbocycles. The van der Waals surface area contributed by atoms with E-state index in [1.807, 2.05) is 0 Å². The van der Waals surface area contributed by atoms with Crippen molar-refractivity contribution in [1.29, 1.82) is 0 Å². The second kappa shape index (κ2) is 2.91. The monoisotopic (exact) mass is 193 g/mol. The summed E-state index contributed by atoms with van der Waals surface area (Å²) < 4.78 is 5.35. The van der Waals surface area contributed by atoms with Gasteiger partial charge in [-0.25, -0.2) is 4.98 Å². The Morgan fingerprint density at radius 2 is 2.21 bits per heavy atom. The molecule has 6 heteroatoms. The number of hydrogen-bond acceptors (Lipinski definition) is 5. The van der Waals surface area contributed by atoms with Crippen molar-refractivity contribution in [2.75, 3.05) is 0 Å². The third kappa shape index (κ3) is 1.51.